The van der Waals surface area contributed by atoms with Gasteiger partial charge in [-0.25, -0.2) is 4.79 Å². The monoisotopic (exact) mass is 289 g/mol. The molecule has 20 heavy (non-hydrogen) atoms. The maximum Gasteiger partial charge on any atom is 0.341 e. The van der Waals surface area contributed by atoms with E-state index in [4.69, 9.17) is 4.74 Å². The molecule has 4 heteroatoms. The molecular weight excluding hydrogens is 270 g/mol. The number of hydrogen-bond acceptors (Lipinski definition) is 3. The quantitative estimate of drug-likeness (QED) is 0.795. The number of thiophene rings is 1. The van der Waals surface area contributed by atoms with E-state index < -0.39 is 0 Å². The van der Waals surface area contributed by atoms with E-state index >= 15 is 0 Å². The van der Waals surface area contributed by atoms with Crippen molar-refractivity contribution in [1.82, 2.24) is 4.57 Å². The molecule has 0 aromatic carbocycles. The second-order valence-corrected chi connectivity index (χ2v) is 6.31. The Morgan fingerprint density at radius 3 is 2.90 bits per heavy atom. The highest BCUT2D eigenvalue weighted by Crippen LogP contribution is 2.42. The Labute approximate surface area is 123 Å². The Hall–Kier alpha value is -1.55. The van der Waals surface area contributed by atoms with Gasteiger partial charge in [-0.05, 0) is 49.8 Å². The predicted octanol–water partition coefficient (Wildman–Crippen LogP) is 4.16. The molecular formula is C16H19NO2S. The lowest BCUT2D eigenvalue weighted by molar-refractivity contribution is 0.0525. The van der Waals surface area contributed by atoms with Gasteiger partial charge in [-0.2, -0.15) is 0 Å². The zero-order valence-corrected chi connectivity index (χ0v) is 12.7. The first-order valence-corrected chi connectivity index (χ1v) is 8.00. The number of carbonyl (C=O) groups excluding carboxylic acids is 1. The van der Waals surface area contributed by atoms with Crippen molar-refractivity contribution < 1.29 is 9.53 Å². The second kappa shape index (κ2) is 5.44. The predicted molar refractivity (Wildman–Crippen MR) is 81.0 cm³/mol. The normalized spacial score (nSPS) is 17.8. The van der Waals surface area contributed by atoms with Crippen LogP contribution in [0, 0.1) is 0 Å². The summed E-state index contributed by atoms with van der Waals surface area (Å²) in [7, 11) is 0. The first kappa shape index (κ1) is 13.4. The molecule has 106 valence electrons. The highest BCUT2D eigenvalue weighted by Gasteiger charge is 2.30. The van der Waals surface area contributed by atoms with Crippen molar-refractivity contribution >= 4 is 17.3 Å². The lowest BCUT2D eigenvalue weighted by atomic mass is 9.86. The first-order valence-electron chi connectivity index (χ1n) is 7.18. The van der Waals surface area contributed by atoms with Gasteiger partial charge in [0.2, 0.25) is 0 Å². The van der Waals surface area contributed by atoms with Crippen LogP contribution in [0.5, 0.6) is 0 Å². The highest BCUT2D eigenvalue weighted by atomic mass is 32.1. The summed E-state index contributed by atoms with van der Waals surface area (Å²) in [6.07, 6.45) is 7.43. The van der Waals surface area contributed by atoms with Gasteiger partial charge in [0, 0.05) is 17.3 Å². The number of rotatable bonds is 3. The minimum Gasteiger partial charge on any atom is -0.462 e. The SMILES string of the molecule is CCOC(=O)c1c(-n2cccc2)sc2c1[C@H](C)CCC2. The summed E-state index contributed by atoms with van der Waals surface area (Å²) in [5.41, 5.74) is 2.01. The van der Waals surface area contributed by atoms with Gasteiger partial charge in [-0.3, -0.25) is 0 Å². The molecule has 0 unspecified atom stereocenters. The number of nitrogens with zero attached hydrogens (tertiary/aromatic N) is 1. The Kier molecular flexibility index (Phi) is 3.66. The van der Waals surface area contributed by atoms with Crippen molar-refractivity contribution in [1.29, 1.82) is 0 Å². The van der Waals surface area contributed by atoms with Gasteiger partial charge in [0.1, 0.15) is 5.00 Å². The average Bonchev–Trinajstić information content (AvgIpc) is 3.06. The van der Waals surface area contributed by atoms with Crippen LogP contribution < -0.4 is 0 Å². The van der Waals surface area contributed by atoms with Crippen molar-refractivity contribution in [3.8, 4) is 5.00 Å². The smallest absolute Gasteiger partial charge is 0.341 e. The van der Waals surface area contributed by atoms with Crippen molar-refractivity contribution in [2.45, 2.75) is 39.0 Å². The lowest BCUT2D eigenvalue weighted by Crippen LogP contribution is -2.13. The average molecular weight is 289 g/mol. The van der Waals surface area contributed by atoms with Gasteiger partial charge in [-0.1, -0.05) is 6.92 Å². The fourth-order valence-corrected chi connectivity index (χ4v) is 4.37. The molecule has 0 saturated heterocycles. The van der Waals surface area contributed by atoms with Crippen molar-refractivity contribution in [3.63, 3.8) is 0 Å². The number of aromatic nitrogens is 1. The van der Waals surface area contributed by atoms with Crippen LogP contribution in [-0.2, 0) is 11.2 Å². The van der Waals surface area contributed by atoms with E-state index in [-0.39, 0.29) is 5.97 Å². The van der Waals surface area contributed by atoms with Gasteiger partial charge in [0.15, 0.2) is 0 Å². The summed E-state index contributed by atoms with van der Waals surface area (Å²) in [6.45, 7) is 4.49. The van der Waals surface area contributed by atoms with Crippen LogP contribution >= 0.6 is 11.3 Å². The Bertz CT molecular complexity index is 613. The van der Waals surface area contributed by atoms with Crippen LogP contribution in [0.4, 0.5) is 0 Å². The molecule has 3 rings (SSSR count). The number of hydrogen-bond donors (Lipinski definition) is 0. The summed E-state index contributed by atoms with van der Waals surface area (Å²) in [4.78, 5) is 13.8. The number of ether oxygens (including phenoxy) is 1. The van der Waals surface area contributed by atoms with E-state index in [1.54, 1.807) is 11.3 Å². The summed E-state index contributed by atoms with van der Waals surface area (Å²) in [6, 6.07) is 3.97. The van der Waals surface area contributed by atoms with Crippen LogP contribution in [0.1, 0.15) is 53.4 Å². The largest absolute Gasteiger partial charge is 0.462 e. The maximum atomic E-state index is 12.4. The van der Waals surface area contributed by atoms with Crippen molar-refractivity contribution in [3.05, 3.63) is 40.5 Å². The molecule has 0 fully saturated rings. The summed E-state index contributed by atoms with van der Waals surface area (Å²) in [5.74, 6) is 0.265. The molecule has 0 bridgehead atoms. The molecule has 2 aromatic rings. The van der Waals surface area contributed by atoms with Gasteiger partial charge in [0.05, 0.1) is 12.2 Å². The fraction of sp³-hybridized carbons (Fsp3) is 0.438. The van der Waals surface area contributed by atoms with Crippen molar-refractivity contribution in [2.75, 3.05) is 6.61 Å². The fourth-order valence-electron chi connectivity index (χ4n) is 2.95. The van der Waals surface area contributed by atoms with Crippen LogP contribution in [0.15, 0.2) is 24.5 Å². The molecule has 0 radical (unpaired) electrons. The zero-order chi connectivity index (χ0) is 14.1. The van der Waals surface area contributed by atoms with E-state index in [1.165, 1.54) is 16.9 Å². The lowest BCUT2D eigenvalue weighted by Gasteiger charge is -2.19. The molecule has 1 atom stereocenters. The minimum absolute atomic E-state index is 0.178. The Balaban J connectivity index is 2.17. The number of esters is 1. The topological polar surface area (TPSA) is 31.2 Å². The van der Waals surface area contributed by atoms with E-state index in [2.05, 4.69) is 6.92 Å². The van der Waals surface area contributed by atoms with Gasteiger partial charge < -0.3 is 9.30 Å². The summed E-state index contributed by atoms with van der Waals surface area (Å²) in [5, 5.41) is 1.01. The molecule has 0 spiro atoms. The maximum absolute atomic E-state index is 12.4. The third-order valence-corrected chi connectivity index (χ3v) is 5.13. The number of carbonyl (C=O) groups is 1. The van der Waals surface area contributed by atoms with E-state index in [0.717, 1.165) is 23.4 Å². The Morgan fingerprint density at radius 2 is 2.20 bits per heavy atom. The number of aryl methyl sites for hydroxylation is 1. The van der Waals surface area contributed by atoms with E-state index in [1.807, 2.05) is 36.0 Å². The standard InChI is InChI=1S/C16H19NO2S/c1-3-19-16(18)14-13-11(2)7-6-8-12(13)20-15(14)17-9-4-5-10-17/h4-5,9-11H,3,6-8H2,1-2H3/t11-/m1/s1. The second-order valence-electron chi connectivity index (χ2n) is 5.22. The number of fused-ring (bicyclic) bond motifs is 1. The molecule has 3 nitrogen and oxygen atoms in total. The minimum atomic E-state index is -0.178. The molecule has 2 heterocycles. The molecule has 2 aromatic heterocycles. The van der Waals surface area contributed by atoms with Crippen LogP contribution in [0.2, 0.25) is 0 Å². The van der Waals surface area contributed by atoms with Gasteiger partial charge in [0.25, 0.3) is 0 Å². The molecule has 0 N–H and O–H groups in total. The van der Waals surface area contributed by atoms with E-state index in [0.29, 0.717) is 12.5 Å². The summed E-state index contributed by atoms with van der Waals surface area (Å²) >= 11 is 1.74. The zero-order valence-electron chi connectivity index (χ0n) is 11.9. The van der Waals surface area contributed by atoms with E-state index in [9.17, 15) is 4.79 Å². The third kappa shape index (κ3) is 2.18. The van der Waals surface area contributed by atoms with Crippen LogP contribution in [-0.4, -0.2) is 17.1 Å². The van der Waals surface area contributed by atoms with Gasteiger partial charge >= 0.3 is 5.97 Å². The molecule has 1 aliphatic rings. The Morgan fingerprint density at radius 1 is 1.45 bits per heavy atom. The summed E-state index contributed by atoms with van der Waals surface area (Å²) < 4.78 is 7.32. The van der Waals surface area contributed by atoms with Gasteiger partial charge in [-0.15, -0.1) is 11.3 Å². The molecule has 0 amide bonds. The molecule has 0 saturated carbocycles. The highest BCUT2D eigenvalue weighted by molar-refractivity contribution is 7.15. The van der Waals surface area contributed by atoms with Crippen LogP contribution in [0.25, 0.3) is 5.00 Å². The third-order valence-electron chi connectivity index (χ3n) is 3.86. The first-order chi connectivity index (χ1) is 9.72. The van der Waals surface area contributed by atoms with Crippen molar-refractivity contribution in [2.24, 2.45) is 0 Å². The van der Waals surface area contributed by atoms with Crippen LogP contribution in [0.3, 0.4) is 0 Å². The molecule has 1 aliphatic carbocycles. The molecule has 0 aliphatic heterocycles.